The molecular weight excluding hydrogens is 461 g/mol. The van der Waals surface area contributed by atoms with Gasteiger partial charge in [0.1, 0.15) is 5.82 Å². The van der Waals surface area contributed by atoms with Crippen LogP contribution in [0.4, 0.5) is 4.39 Å². The van der Waals surface area contributed by atoms with E-state index in [1.165, 1.54) is 33.1 Å². The fourth-order valence-electron chi connectivity index (χ4n) is 4.59. The molecule has 2 aromatic carbocycles. The van der Waals surface area contributed by atoms with E-state index < -0.39 is 15.8 Å². The molecule has 1 aliphatic carbocycles. The molecule has 2 heterocycles. The average Bonchev–Trinajstić information content (AvgIpc) is 3.25. The van der Waals surface area contributed by atoms with Crippen LogP contribution in [-0.2, 0) is 26.8 Å². The van der Waals surface area contributed by atoms with E-state index in [2.05, 4.69) is 5.32 Å². The monoisotopic (exact) mass is 487 g/mol. The number of nitrogens with zero attached hydrogens (tertiary/aromatic N) is 2. The molecule has 1 saturated carbocycles. The predicted octanol–water partition coefficient (Wildman–Crippen LogP) is 2.76. The minimum atomic E-state index is -3.62. The van der Waals surface area contributed by atoms with Crippen molar-refractivity contribution < 1.29 is 22.0 Å². The Balaban J connectivity index is 1.24. The molecule has 5 rings (SSSR count). The van der Waals surface area contributed by atoms with Gasteiger partial charge in [0.05, 0.1) is 10.4 Å². The van der Waals surface area contributed by atoms with Gasteiger partial charge in [-0.3, -0.25) is 9.36 Å². The summed E-state index contributed by atoms with van der Waals surface area (Å²) >= 11 is 0. The van der Waals surface area contributed by atoms with Crippen LogP contribution in [-0.4, -0.2) is 42.8 Å². The third-order valence-electron chi connectivity index (χ3n) is 6.84. The second-order valence-electron chi connectivity index (χ2n) is 9.07. The van der Waals surface area contributed by atoms with E-state index in [0.29, 0.717) is 25.2 Å². The van der Waals surface area contributed by atoms with Gasteiger partial charge in [-0.1, -0.05) is 12.1 Å². The lowest BCUT2D eigenvalue weighted by Crippen LogP contribution is -2.33. The number of aromatic nitrogens is 1. The summed E-state index contributed by atoms with van der Waals surface area (Å²) in [5.74, 6) is -1.13. The molecule has 8 nitrogen and oxygen atoms in total. The molecule has 1 aliphatic heterocycles. The zero-order valence-corrected chi connectivity index (χ0v) is 19.4. The molecule has 0 radical (unpaired) electrons. The number of carbonyl (C=O) groups is 1. The van der Waals surface area contributed by atoms with Crippen LogP contribution in [0.15, 0.2) is 56.6 Å². The number of hydrogen-bond acceptors (Lipinski definition) is 5. The predicted molar refractivity (Wildman–Crippen MR) is 123 cm³/mol. The molecule has 1 saturated heterocycles. The van der Waals surface area contributed by atoms with Crippen molar-refractivity contribution in [1.82, 2.24) is 14.2 Å². The highest BCUT2D eigenvalue weighted by atomic mass is 32.2. The number of oxazole rings is 1. The van der Waals surface area contributed by atoms with Gasteiger partial charge in [-0.2, -0.15) is 4.31 Å². The van der Waals surface area contributed by atoms with Crippen molar-refractivity contribution in [3.05, 3.63) is 64.4 Å². The van der Waals surface area contributed by atoms with Crippen LogP contribution >= 0.6 is 0 Å². The second-order valence-corrected chi connectivity index (χ2v) is 11.0. The molecule has 0 unspecified atom stereocenters. The highest BCUT2D eigenvalue weighted by Crippen LogP contribution is 2.47. The summed E-state index contributed by atoms with van der Waals surface area (Å²) < 4.78 is 46.8. The maximum absolute atomic E-state index is 13.2. The van der Waals surface area contributed by atoms with Gasteiger partial charge in [-0.25, -0.2) is 17.6 Å². The smallest absolute Gasteiger partial charge is 0.408 e. The first-order valence-electron chi connectivity index (χ1n) is 11.4. The molecule has 1 amide bonds. The van der Waals surface area contributed by atoms with E-state index in [0.717, 1.165) is 31.2 Å². The molecule has 3 aromatic rings. The minimum absolute atomic E-state index is 0.0713. The number of nitrogens with one attached hydrogen (secondary N) is 1. The van der Waals surface area contributed by atoms with Gasteiger partial charge < -0.3 is 9.73 Å². The summed E-state index contributed by atoms with van der Waals surface area (Å²) in [6.45, 7) is 1.54. The Bertz CT molecular complexity index is 1380. The van der Waals surface area contributed by atoms with Crippen molar-refractivity contribution in [1.29, 1.82) is 0 Å². The third kappa shape index (κ3) is 4.27. The molecule has 2 fully saturated rings. The lowest BCUT2D eigenvalue weighted by Gasteiger charge is -2.16. The van der Waals surface area contributed by atoms with Gasteiger partial charge in [-0.15, -0.1) is 0 Å². The van der Waals surface area contributed by atoms with Gasteiger partial charge in [0.25, 0.3) is 0 Å². The lowest BCUT2D eigenvalue weighted by molar-refractivity contribution is -0.121. The lowest BCUT2D eigenvalue weighted by atomic mass is 9.96. The number of amides is 1. The van der Waals surface area contributed by atoms with E-state index in [1.807, 2.05) is 0 Å². The normalized spacial score (nSPS) is 17.8. The van der Waals surface area contributed by atoms with Crippen LogP contribution in [0.5, 0.6) is 0 Å². The largest absolute Gasteiger partial charge is 0.419 e. The number of aryl methyl sites for hydroxylation is 1. The summed E-state index contributed by atoms with van der Waals surface area (Å²) in [5.41, 5.74) is 1.48. The number of benzene rings is 2. The van der Waals surface area contributed by atoms with Crippen molar-refractivity contribution in [2.75, 3.05) is 19.6 Å². The molecule has 1 aromatic heterocycles. The van der Waals surface area contributed by atoms with Crippen molar-refractivity contribution >= 4 is 27.0 Å². The van der Waals surface area contributed by atoms with Crippen molar-refractivity contribution in [3.8, 4) is 0 Å². The van der Waals surface area contributed by atoms with Crippen LogP contribution in [0, 0.1) is 5.82 Å². The minimum Gasteiger partial charge on any atom is -0.408 e. The van der Waals surface area contributed by atoms with E-state index in [-0.39, 0.29) is 40.6 Å². The van der Waals surface area contributed by atoms with Crippen molar-refractivity contribution in [2.24, 2.45) is 0 Å². The summed E-state index contributed by atoms with van der Waals surface area (Å²) in [7, 11) is -3.62. The first-order chi connectivity index (χ1) is 16.3. The van der Waals surface area contributed by atoms with Gasteiger partial charge in [0.2, 0.25) is 15.9 Å². The maximum atomic E-state index is 13.2. The topological polar surface area (TPSA) is 102 Å². The molecule has 180 valence electrons. The van der Waals surface area contributed by atoms with Crippen molar-refractivity contribution in [2.45, 2.75) is 49.0 Å². The molecule has 2 aliphatic rings. The number of rotatable bonds is 8. The number of carbonyl (C=O) groups excluding carboxylic acids is 1. The molecule has 0 spiro atoms. The summed E-state index contributed by atoms with van der Waals surface area (Å²) in [6, 6.07) is 10.8. The Morgan fingerprint density at radius 3 is 2.47 bits per heavy atom. The molecular formula is C24H26FN3O5S. The fraction of sp³-hybridized carbons (Fsp3) is 0.417. The van der Waals surface area contributed by atoms with Crippen LogP contribution in [0.1, 0.15) is 37.7 Å². The zero-order valence-electron chi connectivity index (χ0n) is 18.6. The first kappa shape index (κ1) is 22.8. The maximum Gasteiger partial charge on any atom is 0.419 e. The molecule has 0 bridgehead atoms. The van der Waals surface area contributed by atoms with Crippen LogP contribution < -0.4 is 11.1 Å². The highest BCUT2D eigenvalue weighted by Gasteiger charge is 2.44. The second kappa shape index (κ2) is 8.66. The summed E-state index contributed by atoms with van der Waals surface area (Å²) in [6.07, 6.45) is 3.59. The number of fused-ring (bicyclic) bond motifs is 1. The zero-order chi connectivity index (χ0) is 23.9. The van der Waals surface area contributed by atoms with Gasteiger partial charge in [0, 0.05) is 44.1 Å². The van der Waals surface area contributed by atoms with E-state index in [9.17, 15) is 22.4 Å². The molecule has 10 heteroatoms. The Labute approximate surface area is 196 Å². The number of hydrogen-bond donors (Lipinski definition) is 1. The SMILES string of the molecule is O=C(CCn1c(=O)oc2cc(S(=O)(=O)N3CCCC3)ccc21)NCC1(c2ccc(F)cc2)CC1. The van der Waals surface area contributed by atoms with E-state index in [1.54, 1.807) is 18.2 Å². The first-order valence-corrected chi connectivity index (χ1v) is 12.9. The summed E-state index contributed by atoms with van der Waals surface area (Å²) in [5, 5.41) is 2.93. The fourth-order valence-corrected chi connectivity index (χ4v) is 6.12. The highest BCUT2D eigenvalue weighted by molar-refractivity contribution is 7.89. The third-order valence-corrected chi connectivity index (χ3v) is 8.73. The van der Waals surface area contributed by atoms with Crippen LogP contribution in [0.25, 0.3) is 11.1 Å². The van der Waals surface area contributed by atoms with Crippen molar-refractivity contribution in [3.63, 3.8) is 0 Å². The van der Waals surface area contributed by atoms with Gasteiger partial charge in [-0.05, 0) is 55.5 Å². The van der Waals surface area contributed by atoms with Gasteiger partial charge in [0.15, 0.2) is 5.58 Å². The standard InChI is InChI=1S/C24H26FN3O5S/c25-18-5-3-17(4-6-18)24(10-11-24)16-26-22(29)9-14-28-20-8-7-19(15-21(20)33-23(28)30)34(31,32)27-12-1-2-13-27/h3-8,15H,1-2,9-14,16H2,(H,26,29). The molecule has 0 atom stereocenters. The quantitative estimate of drug-likeness (QED) is 0.527. The Morgan fingerprint density at radius 2 is 1.79 bits per heavy atom. The van der Waals surface area contributed by atoms with E-state index >= 15 is 0 Å². The summed E-state index contributed by atoms with van der Waals surface area (Å²) in [4.78, 5) is 25.0. The Morgan fingerprint density at radius 1 is 1.09 bits per heavy atom. The Hall–Kier alpha value is -2.98. The average molecular weight is 488 g/mol. The molecule has 34 heavy (non-hydrogen) atoms. The van der Waals surface area contributed by atoms with Crippen LogP contribution in [0.3, 0.4) is 0 Å². The van der Waals surface area contributed by atoms with Gasteiger partial charge >= 0.3 is 5.76 Å². The van der Waals surface area contributed by atoms with E-state index in [4.69, 9.17) is 4.42 Å². The Kier molecular flexibility index (Phi) is 5.81. The van der Waals surface area contributed by atoms with Crippen LogP contribution in [0.2, 0.25) is 0 Å². The number of sulfonamides is 1. The molecule has 1 N–H and O–H groups in total. The number of halogens is 1.